The fourth-order valence-corrected chi connectivity index (χ4v) is 3.79. The smallest absolute Gasteiger partial charge is 0.272 e. The normalized spacial score (nSPS) is 18.1. The Kier molecular flexibility index (Phi) is 4.97. The van der Waals surface area contributed by atoms with Crippen LogP contribution in [0, 0.1) is 5.92 Å². The van der Waals surface area contributed by atoms with Crippen molar-refractivity contribution in [1.82, 2.24) is 15.1 Å². The number of aromatic nitrogens is 2. The summed E-state index contributed by atoms with van der Waals surface area (Å²) in [7, 11) is 0. The predicted octanol–water partition coefficient (Wildman–Crippen LogP) is 3.25. The van der Waals surface area contributed by atoms with Crippen molar-refractivity contribution in [3.63, 3.8) is 0 Å². The van der Waals surface area contributed by atoms with E-state index >= 15 is 0 Å². The van der Waals surface area contributed by atoms with Crippen molar-refractivity contribution in [2.75, 3.05) is 25.0 Å². The number of nitrogens with one attached hydrogen (secondary N) is 2. The van der Waals surface area contributed by atoms with E-state index in [-0.39, 0.29) is 5.56 Å². The third kappa shape index (κ3) is 3.78. The Bertz CT molecular complexity index is 922. The molecule has 1 fully saturated rings. The van der Waals surface area contributed by atoms with Gasteiger partial charge in [-0.25, -0.2) is 5.10 Å². The van der Waals surface area contributed by atoms with Gasteiger partial charge in [-0.15, -0.1) is 0 Å². The molecule has 1 aliphatic heterocycles. The summed E-state index contributed by atoms with van der Waals surface area (Å²) in [6, 6.07) is 18.3. The number of nitrogens with zero attached hydrogens (tertiary/aromatic N) is 2. The number of benzene rings is 2. The number of likely N-dealkylation sites (tertiary alicyclic amines) is 1. The molecule has 1 aliphatic rings. The van der Waals surface area contributed by atoms with Gasteiger partial charge >= 0.3 is 0 Å². The molecule has 0 radical (unpaired) electrons. The molecule has 1 atom stereocenters. The fraction of sp³-hybridized carbons (Fsp3) is 0.333. The van der Waals surface area contributed by atoms with E-state index < -0.39 is 0 Å². The van der Waals surface area contributed by atoms with Crippen LogP contribution in [-0.4, -0.2) is 34.7 Å². The summed E-state index contributed by atoms with van der Waals surface area (Å²) in [6.07, 6.45) is 2.44. The molecule has 1 saturated heterocycles. The molecule has 26 heavy (non-hydrogen) atoms. The number of aromatic amines is 1. The van der Waals surface area contributed by atoms with Crippen LogP contribution in [-0.2, 0) is 6.54 Å². The van der Waals surface area contributed by atoms with E-state index in [0.29, 0.717) is 11.3 Å². The van der Waals surface area contributed by atoms with Gasteiger partial charge in [0.15, 0.2) is 5.82 Å². The van der Waals surface area contributed by atoms with Gasteiger partial charge in [-0.05, 0) is 36.9 Å². The molecule has 2 aromatic carbocycles. The van der Waals surface area contributed by atoms with Crippen LogP contribution in [0.1, 0.15) is 18.4 Å². The molecule has 0 amide bonds. The molecule has 0 bridgehead atoms. The van der Waals surface area contributed by atoms with E-state index in [1.54, 1.807) is 0 Å². The number of fused-ring (bicyclic) bond motifs is 1. The maximum atomic E-state index is 11.9. The molecule has 1 unspecified atom stereocenters. The summed E-state index contributed by atoms with van der Waals surface area (Å²) in [4.78, 5) is 14.4. The van der Waals surface area contributed by atoms with Crippen molar-refractivity contribution in [1.29, 1.82) is 0 Å². The van der Waals surface area contributed by atoms with Crippen LogP contribution in [0.3, 0.4) is 0 Å². The largest absolute Gasteiger partial charge is 0.368 e. The molecule has 2 N–H and O–H groups in total. The van der Waals surface area contributed by atoms with E-state index in [4.69, 9.17) is 0 Å². The van der Waals surface area contributed by atoms with Gasteiger partial charge in [0, 0.05) is 25.0 Å². The Morgan fingerprint density at radius 3 is 2.69 bits per heavy atom. The van der Waals surface area contributed by atoms with E-state index in [1.165, 1.54) is 18.4 Å². The van der Waals surface area contributed by atoms with Crippen molar-refractivity contribution >= 4 is 16.6 Å². The molecular formula is C21H24N4O. The Hall–Kier alpha value is -2.66. The van der Waals surface area contributed by atoms with E-state index in [2.05, 4.69) is 50.7 Å². The van der Waals surface area contributed by atoms with Gasteiger partial charge < -0.3 is 5.32 Å². The van der Waals surface area contributed by atoms with Crippen molar-refractivity contribution in [2.45, 2.75) is 19.4 Å². The van der Waals surface area contributed by atoms with E-state index in [9.17, 15) is 4.79 Å². The Morgan fingerprint density at radius 2 is 1.85 bits per heavy atom. The topological polar surface area (TPSA) is 61.0 Å². The summed E-state index contributed by atoms with van der Waals surface area (Å²) >= 11 is 0. The molecule has 5 heteroatoms. The molecule has 3 aromatic rings. The minimum Gasteiger partial charge on any atom is -0.368 e. The van der Waals surface area contributed by atoms with Crippen LogP contribution in [0.25, 0.3) is 10.8 Å². The molecule has 0 saturated carbocycles. The van der Waals surface area contributed by atoms with Crippen molar-refractivity contribution in [2.24, 2.45) is 5.92 Å². The first-order valence-electron chi connectivity index (χ1n) is 9.27. The molecule has 1 aromatic heterocycles. The second-order valence-corrected chi connectivity index (χ2v) is 7.06. The number of rotatable bonds is 5. The second kappa shape index (κ2) is 7.70. The first-order chi connectivity index (χ1) is 12.8. The van der Waals surface area contributed by atoms with E-state index in [0.717, 1.165) is 37.4 Å². The van der Waals surface area contributed by atoms with Gasteiger partial charge in [-0.1, -0.05) is 48.5 Å². The van der Waals surface area contributed by atoms with Gasteiger partial charge in [0.1, 0.15) is 0 Å². The molecule has 0 spiro atoms. The average Bonchev–Trinajstić information content (AvgIpc) is 2.69. The Balaban J connectivity index is 1.40. The van der Waals surface area contributed by atoms with Crippen LogP contribution in [0.4, 0.5) is 5.82 Å². The number of hydrogen-bond donors (Lipinski definition) is 2. The zero-order valence-corrected chi connectivity index (χ0v) is 14.8. The van der Waals surface area contributed by atoms with Gasteiger partial charge in [0.2, 0.25) is 0 Å². The SMILES string of the molecule is O=c1[nH]nc(NCC2CCCN(Cc3ccccc3)C2)c2ccccc12. The van der Waals surface area contributed by atoms with Crippen LogP contribution in [0.15, 0.2) is 59.4 Å². The number of anilines is 1. The minimum absolute atomic E-state index is 0.141. The number of H-pyrrole nitrogens is 1. The summed E-state index contributed by atoms with van der Waals surface area (Å²) < 4.78 is 0. The lowest BCUT2D eigenvalue weighted by molar-refractivity contribution is 0.173. The molecular weight excluding hydrogens is 324 g/mol. The molecule has 5 nitrogen and oxygen atoms in total. The monoisotopic (exact) mass is 348 g/mol. The van der Waals surface area contributed by atoms with E-state index in [1.807, 2.05) is 24.3 Å². The second-order valence-electron chi connectivity index (χ2n) is 7.06. The summed E-state index contributed by atoms with van der Waals surface area (Å²) in [5.41, 5.74) is 1.23. The third-order valence-electron chi connectivity index (χ3n) is 5.11. The lowest BCUT2D eigenvalue weighted by atomic mass is 9.97. The zero-order valence-electron chi connectivity index (χ0n) is 14.8. The standard InChI is InChI=1S/C21H24N4O/c26-21-19-11-5-4-10-18(19)20(23-24-21)22-13-17-9-6-12-25(15-17)14-16-7-2-1-3-8-16/h1-5,7-8,10-11,17H,6,9,12-15H2,(H,22,23)(H,24,26). The highest BCUT2D eigenvalue weighted by Crippen LogP contribution is 2.21. The Labute approximate surface area is 153 Å². The number of hydrogen-bond acceptors (Lipinski definition) is 4. The van der Waals surface area contributed by atoms with Crippen LogP contribution in [0.5, 0.6) is 0 Å². The maximum Gasteiger partial charge on any atom is 0.272 e. The first kappa shape index (κ1) is 16.8. The summed E-state index contributed by atoms with van der Waals surface area (Å²) in [5.74, 6) is 1.35. The molecule has 0 aliphatic carbocycles. The molecule has 2 heterocycles. The highest BCUT2D eigenvalue weighted by Gasteiger charge is 2.20. The molecule has 4 rings (SSSR count). The zero-order chi connectivity index (χ0) is 17.8. The fourth-order valence-electron chi connectivity index (χ4n) is 3.79. The third-order valence-corrected chi connectivity index (χ3v) is 5.11. The highest BCUT2D eigenvalue weighted by molar-refractivity contribution is 5.90. The predicted molar refractivity (Wildman–Crippen MR) is 105 cm³/mol. The van der Waals surface area contributed by atoms with Crippen molar-refractivity contribution in [3.05, 3.63) is 70.5 Å². The average molecular weight is 348 g/mol. The lowest BCUT2D eigenvalue weighted by Crippen LogP contribution is -2.37. The van der Waals surface area contributed by atoms with Gasteiger partial charge in [-0.3, -0.25) is 9.69 Å². The first-order valence-corrected chi connectivity index (χ1v) is 9.27. The van der Waals surface area contributed by atoms with Crippen molar-refractivity contribution in [3.8, 4) is 0 Å². The van der Waals surface area contributed by atoms with Gasteiger partial charge in [0.25, 0.3) is 5.56 Å². The quantitative estimate of drug-likeness (QED) is 0.743. The number of piperidine rings is 1. The van der Waals surface area contributed by atoms with Crippen LogP contribution < -0.4 is 10.9 Å². The highest BCUT2D eigenvalue weighted by atomic mass is 16.1. The Morgan fingerprint density at radius 1 is 1.08 bits per heavy atom. The van der Waals surface area contributed by atoms with Gasteiger partial charge in [0.05, 0.1) is 5.39 Å². The minimum atomic E-state index is -0.141. The van der Waals surface area contributed by atoms with Crippen LogP contribution in [0.2, 0.25) is 0 Å². The summed E-state index contributed by atoms with van der Waals surface area (Å²) in [6.45, 7) is 4.12. The molecule has 134 valence electrons. The van der Waals surface area contributed by atoms with Crippen molar-refractivity contribution < 1.29 is 0 Å². The summed E-state index contributed by atoms with van der Waals surface area (Å²) in [5, 5.41) is 11.8. The van der Waals surface area contributed by atoms with Crippen LogP contribution >= 0.6 is 0 Å². The lowest BCUT2D eigenvalue weighted by Gasteiger charge is -2.33. The maximum absolute atomic E-state index is 11.9. The van der Waals surface area contributed by atoms with Gasteiger partial charge in [-0.2, -0.15) is 5.10 Å².